The van der Waals surface area contributed by atoms with Gasteiger partial charge in [-0.15, -0.1) is 5.10 Å². The Labute approximate surface area is 159 Å². The van der Waals surface area contributed by atoms with Crippen LogP contribution in [0.15, 0.2) is 54.9 Å². The van der Waals surface area contributed by atoms with E-state index < -0.39 is 11.7 Å². The molecule has 1 heterocycles. The number of anilines is 2. The second-order valence-electron chi connectivity index (χ2n) is 5.81. The molecule has 27 heavy (non-hydrogen) atoms. The van der Waals surface area contributed by atoms with Crippen molar-refractivity contribution in [1.29, 1.82) is 0 Å². The van der Waals surface area contributed by atoms with E-state index in [2.05, 4.69) is 20.7 Å². The lowest BCUT2D eigenvalue weighted by molar-refractivity contribution is -0.136. The molecule has 1 aromatic heterocycles. The quantitative estimate of drug-likeness (QED) is 0.643. The summed E-state index contributed by atoms with van der Waals surface area (Å²) in [5.41, 5.74) is 1.28. The second kappa shape index (κ2) is 7.75. The standard InChI is InChI=1S/C18H16F3N5S/c1-12-6-2-3-7-13(12)10-26-11-22-16(25-26)24-17(27)23-15-9-5-4-8-14(15)18(19,20)21/h2-9,11H,10H2,1H3,(H2,23,24,25,27). The number of benzene rings is 2. The molecule has 0 atom stereocenters. The first-order valence-corrected chi connectivity index (χ1v) is 8.42. The Bertz CT molecular complexity index is 952. The van der Waals surface area contributed by atoms with E-state index in [-0.39, 0.29) is 16.7 Å². The van der Waals surface area contributed by atoms with E-state index in [0.29, 0.717) is 6.54 Å². The third kappa shape index (κ3) is 4.82. The molecule has 9 heteroatoms. The van der Waals surface area contributed by atoms with E-state index in [1.165, 1.54) is 24.5 Å². The Kier molecular flexibility index (Phi) is 5.41. The van der Waals surface area contributed by atoms with E-state index in [4.69, 9.17) is 12.2 Å². The SMILES string of the molecule is Cc1ccccc1Cn1cnc(NC(=S)Nc2ccccc2C(F)(F)F)n1. The number of nitrogens with zero attached hydrogens (tertiary/aromatic N) is 3. The van der Waals surface area contributed by atoms with Crippen molar-refractivity contribution in [1.82, 2.24) is 14.8 Å². The summed E-state index contributed by atoms with van der Waals surface area (Å²) in [7, 11) is 0. The Balaban J connectivity index is 1.66. The molecule has 0 aliphatic carbocycles. The maximum atomic E-state index is 13.0. The molecular formula is C18H16F3N5S. The molecule has 5 nitrogen and oxygen atoms in total. The van der Waals surface area contributed by atoms with Gasteiger partial charge in [-0.3, -0.25) is 5.32 Å². The van der Waals surface area contributed by atoms with Gasteiger partial charge in [0.15, 0.2) is 5.11 Å². The number of halogens is 3. The molecule has 0 spiro atoms. The number of rotatable bonds is 4. The van der Waals surface area contributed by atoms with Gasteiger partial charge in [-0.25, -0.2) is 9.67 Å². The molecule has 0 radical (unpaired) electrons. The minimum Gasteiger partial charge on any atom is -0.332 e. The van der Waals surface area contributed by atoms with Crippen LogP contribution < -0.4 is 10.6 Å². The Morgan fingerprint density at radius 1 is 1.07 bits per heavy atom. The monoisotopic (exact) mass is 391 g/mol. The van der Waals surface area contributed by atoms with Crippen molar-refractivity contribution in [3.8, 4) is 0 Å². The number of aromatic nitrogens is 3. The van der Waals surface area contributed by atoms with E-state index in [9.17, 15) is 13.2 Å². The Morgan fingerprint density at radius 2 is 1.78 bits per heavy atom. The van der Waals surface area contributed by atoms with Gasteiger partial charge in [0.2, 0.25) is 5.95 Å². The van der Waals surface area contributed by atoms with Gasteiger partial charge in [-0.1, -0.05) is 36.4 Å². The Morgan fingerprint density at radius 3 is 2.52 bits per heavy atom. The molecule has 2 aromatic carbocycles. The summed E-state index contributed by atoms with van der Waals surface area (Å²) in [6.07, 6.45) is -2.95. The van der Waals surface area contributed by atoms with Crippen molar-refractivity contribution >= 4 is 29.0 Å². The molecule has 3 aromatic rings. The number of hydrogen-bond acceptors (Lipinski definition) is 3. The van der Waals surface area contributed by atoms with Gasteiger partial charge in [-0.2, -0.15) is 13.2 Å². The predicted molar refractivity (Wildman–Crippen MR) is 102 cm³/mol. The van der Waals surface area contributed by atoms with Gasteiger partial charge >= 0.3 is 6.18 Å². The first kappa shape index (κ1) is 18.8. The van der Waals surface area contributed by atoms with Crippen LogP contribution in [0.4, 0.5) is 24.8 Å². The molecule has 2 N–H and O–H groups in total. The van der Waals surface area contributed by atoms with Gasteiger partial charge < -0.3 is 5.32 Å². The average Bonchev–Trinajstić information content (AvgIpc) is 3.03. The second-order valence-corrected chi connectivity index (χ2v) is 6.22. The molecular weight excluding hydrogens is 375 g/mol. The van der Waals surface area contributed by atoms with E-state index in [0.717, 1.165) is 17.2 Å². The van der Waals surface area contributed by atoms with Crippen molar-refractivity contribution in [2.75, 3.05) is 10.6 Å². The lowest BCUT2D eigenvalue weighted by Gasteiger charge is -2.14. The zero-order valence-electron chi connectivity index (χ0n) is 14.3. The zero-order chi connectivity index (χ0) is 19.4. The highest BCUT2D eigenvalue weighted by atomic mass is 32.1. The van der Waals surface area contributed by atoms with E-state index >= 15 is 0 Å². The fraction of sp³-hybridized carbons (Fsp3) is 0.167. The highest BCUT2D eigenvalue weighted by molar-refractivity contribution is 7.80. The molecule has 0 aliphatic rings. The first-order chi connectivity index (χ1) is 12.8. The van der Waals surface area contributed by atoms with E-state index in [1.54, 1.807) is 4.68 Å². The van der Waals surface area contributed by atoms with Gasteiger partial charge in [0.25, 0.3) is 0 Å². The average molecular weight is 391 g/mol. The minimum absolute atomic E-state index is 0.0275. The molecule has 0 bridgehead atoms. The predicted octanol–water partition coefficient (Wildman–Crippen LogP) is 4.46. The molecule has 0 amide bonds. The van der Waals surface area contributed by atoms with Gasteiger partial charge in [0, 0.05) is 0 Å². The Hall–Kier alpha value is -2.94. The highest BCUT2D eigenvalue weighted by Gasteiger charge is 2.33. The van der Waals surface area contributed by atoms with Crippen LogP contribution in [-0.2, 0) is 12.7 Å². The third-order valence-electron chi connectivity index (χ3n) is 3.84. The topological polar surface area (TPSA) is 54.8 Å². The smallest absolute Gasteiger partial charge is 0.332 e. The van der Waals surface area contributed by atoms with Crippen LogP contribution in [0.5, 0.6) is 0 Å². The minimum atomic E-state index is -4.48. The van der Waals surface area contributed by atoms with Gasteiger partial charge in [0.05, 0.1) is 17.8 Å². The molecule has 0 fully saturated rings. The summed E-state index contributed by atoms with van der Waals surface area (Å²) in [5, 5.41) is 9.46. The van der Waals surface area contributed by atoms with Crippen LogP contribution >= 0.6 is 12.2 Å². The van der Waals surface area contributed by atoms with Crippen molar-refractivity contribution < 1.29 is 13.2 Å². The normalized spacial score (nSPS) is 11.3. The largest absolute Gasteiger partial charge is 0.418 e. The summed E-state index contributed by atoms with van der Waals surface area (Å²) in [5.74, 6) is 0.200. The number of thiocarbonyl (C=S) groups is 1. The van der Waals surface area contributed by atoms with Crippen molar-refractivity contribution in [2.45, 2.75) is 19.6 Å². The number of nitrogens with one attached hydrogen (secondary N) is 2. The lowest BCUT2D eigenvalue weighted by Crippen LogP contribution is -2.22. The molecule has 0 unspecified atom stereocenters. The summed E-state index contributed by atoms with van der Waals surface area (Å²) in [4.78, 5) is 4.09. The van der Waals surface area contributed by atoms with Crippen LogP contribution in [0.1, 0.15) is 16.7 Å². The van der Waals surface area contributed by atoms with Gasteiger partial charge in [0.1, 0.15) is 6.33 Å². The van der Waals surface area contributed by atoms with Crippen molar-refractivity contribution in [3.63, 3.8) is 0 Å². The number of aryl methyl sites for hydroxylation is 1. The fourth-order valence-electron chi connectivity index (χ4n) is 2.48. The molecule has 140 valence electrons. The summed E-state index contributed by atoms with van der Waals surface area (Å²) < 4.78 is 40.7. The van der Waals surface area contributed by atoms with E-state index in [1.807, 2.05) is 31.2 Å². The van der Waals surface area contributed by atoms with Gasteiger partial charge in [-0.05, 0) is 42.4 Å². The molecule has 3 rings (SSSR count). The van der Waals surface area contributed by atoms with Crippen molar-refractivity contribution in [3.05, 3.63) is 71.5 Å². The molecule has 0 saturated heterocycles. The number of para-hydroxylation sites is 1. The van der Waals surface area contributed by atoms with Crippen LogP contribution in [0, 0.1) is 6.92 Å². The summed E-state index contributed by atoms with van der Waals surface area (Å²) in [6.45, 7) is 2.53. The lowest BCUT2D eigenvalue weighted by atomic mass is 10.1. The molecule has 0 aliphatic heterocycles. The first-order valence-electron chi connectivity index (χ1n) is 8.01. The number of hydrogen-bond donors (Lipinski definition) is 2. The van der Waals surface area contributed by atoms with Crippen LogP contribution in [0.2, 0.25) is 0 Å². The van der Waals surface area contributed by atoms with Crippen molar-refractivity contribution in [2.24, 2.45) is 0 Å². The maximum absolute atomic E-state index is 13.0. The highest BCUT2D eigenvalue weighted by Crippen LogP contribution is 2.34. The van der Waals surface area contributed by atoms with Crippen LogP contribution in [0.3, 0.4) is 0 Å². The van der Waals surface area contributed by atoms with Crippen LogP contribution in [0.25, 0.3) is 0 Å². The summed E-state index contributed by atoms with van der Waals surface area (Å²) >= 11 is 5.08. The third-order valence-corrected chi connectivity index (χ3v) is 4.04. The van der Waals surface area contributed by atoms with Crippen LogP contribution in [-0.4, -0.2) is 19.9 Å². The zero-order valence-corrected chi connectivity index (χ0v) is 15.1. The maximum Gasteiger partial charge on any atom is 0.418 e. The summed E-state index contributed by atoms with van der Waals surface area (Å²) in [6, 6.07) is 13.0. The fourth-order valence-corrected chi connectivity index (χ4v) is 2.69. The molecule has 0 saturated carbocycles. The number of alkyl halides is 3.